The van der Waals surface area contributed by atoms with Gasteiger partial charge in [-0.3, -0.25) is 0 Å². The fourth-order valence-electron chi connectivity index (χ4n) is 3.54. The molecule has 3 rings (SSSR count). The first-order valence-corrected chi connectivity index (χ1v) is 10.2. The number of ether oxygens (including phenoxy) is 2. The first kappa shape index (κ1) is 22.8. The van der Waals surface area contributed by atoms with Crippen LogP contribution in [0.1, 0.15) is 28.7 Å². The van der Waals surface area contributed by atoms with Gasteiger partial charge in [-0.25, -0.2) is 4.85 Å². The number of halogens is 4. The predicted octanol–water partition coefficient (Wildman–Crippen LogP) is 5.91. The highest BCUT2D eigenvalue weighted by Crippen LogP contribution is 2.41. The number of rotatable bonds is 7. The molecule has 1 atom stereocenters. The average molecular weight is 483 g/mol. The molecule has 0 saturated carbocycles. The molecule has 0 amide bonds. The second-order valence-corrected chi connectivity index (χ2v) is 8.54. The van der Waals surface area contributed by atoms with Crippen molar-refractivity contribution in [3.05, 3.63) is 74.5 Å². The van der Waals surface area contributed by atoms with Crippen LogP contribution in [0.25, 0.3) is 4.85 Å². The second-order valence-electron chi connectivity index (χ2n) is 7.63. The Balaban J connectivity index is 1.79. The molecule has 0 fully saturated rings. The van der Waals surface area contributed by atoms with Crippen molar-refractivity contribution in [3.63, 3.8) is 0 Å². The van der Waals surface area contributed by atoms with E-state index in [9.17, 15) is 13.2 Å². The van der Waals surface area contributed by atoms with Gasteiger partial charge in [-0.15, -0.1) is 0 Å². The van der Waals surface area contributed by atoms with Crippen molar-refractivity contribution >= 4 is 21.6 Å². The first-order valence-electron chi connectivity index (χ1n) is 9.37. The smallest absolute Gasteiger partial charge is 0.373 e. The fraction of sp³-hybridized carbons (Fsp3) is 0.409. The summed E-state index contributed by atoms with van der Waals surface area (Å²) < 4.78 is 51.6. The highest BCUT2D eigenvalue weighted by molar-refractivity contribution is 9.10. The normalized spacial score (nSPS) is 18.5. The number of nitrogens with zero attached hydrogens (tertiary/aromatic N) is 2. The number of alkyl halides is 3. The molecule has 8 heteroatoms. The summed E-state index contributed by atoms with van der Waals surface area (Å²) in [5, 5.41) is 0. The quantitative estimate of drug-likeness (QED) is 0.458. The molecular weight excluding hydrogens is 461 g/mol. The van der Waals surface area contributed by atoms with Crippen molar-refractivity contribution in [2.45, 2.75) is 31.4 Å². The van der Waals surface area contributed by atoms with Crippen LogP contribution in [0.3, 0.4) is 0 Å². The third kappa shape index (κ3) is 5.22. The maximum absolute atomic E-state index is 13.1. The van der Waals surface area contributed by atoms with Crippen molar-refractivity contribution < 1.29 is 22.6 Å². The SMILES string of the molecule is [C-]#[N+]c1ccc2c(c1)COC2(CCN(C)C)COCc1cc(Br)cc(C(F)(F)F)c1. The molecular formula is C22H22BrF3N2O2. The molecule has 2 aromatic carbocycles. The summed E-state index contributed by atoms with van der Waals surface area (Å²) >= 11 is 3.14. The lowest BCUT2D eigenvalue weighted by Gasteiger charge is -2.31. The van der Waals surface area contributed by atoms with Gasteiger partial charge in [-0.2, -0.15) is 13.2 Å². The van der Waals surface area contributed by atoms with Gasteiger partial charge in [0.15, 0.2) is 5.69 Å². The predicted molar refractivity (Wildman–Crippen MR) is 111 cm³/mol. The van der Waals surface area contributed by atoms with Gasteiger partial charge in [-0.05, 0) is 55.4 Å². The lowest BCUT2D eigenvalue weighted by atomic mass is 9.89. The number of fused-ring (bicyclic) bond motifs is 1. The molecule has 4 nitrogen and oxygen atoms in total. The van der Waals surface area contributed by atoms with Crippen molar-refractivity contribution in [2.75, 3.05) is 27.2 Å². The lowest BCUT2D eigenvalue weighted by Crippen LogP contribution is -2.35. The minimum atomic E-state index is -4.42. The van der Waals surface area contributed by atoms with E-state index in [1.807, 2.05) is 31.1 Å². The van der Waals surface area contributed by atoms with Crippen LogP contribution in [-0.4, -0.2) is 32.1 Å². The molecule has 1 aliphatic rings. The monoisotopic (exact) mass is 482 g/mol. The van der Waals surface area contributed by atoms with Gasteiger partial charge < -0.3 is 14.4 Å². The minimum Gasteiger partial charge on any atom is -0.373 e. The van der Waals surface area contributed by atoms with Crippen LogP contribution in [0.15, 0.2) is 40.9 Å². The summed E-state index contributed by atoms with van der Waals surface area (Å²) in [4.78, 5) is 5.51. The Hall–Kier alpha value is -1.92. The largest absolute Gasteiger partial charge is 0.416 e. The second kappa shape index (κ2) is 9.06. The Morgan fingerprint density at radius 2 is 2.00 bits per heavy atom. The van der Waals surface area contributed by atoms with Crippen molar-refractivity contribution in [1.29, 1.82) is 0 Å². The Bertz CT molecular complexity index is 956. The molecule has 0 saturated heterocycles. The van der Waals surface area contributed by atoms with Crippen LogP contribution in [0.2, 0.25) is 0 Å². The Labute approximate surface area is 182 Å². The summed E-state index contributed by atoms with van der Waals surface area (Å²) in [5.74, 6) is 0. The molecule has 0 bridgehead atoms. The van der Waals surface area contributed by atoms with E-state index in [2.05, 4.69) is 20.8 Å². The van der Waals surface area contributed by atoms with E-state index in [4.69, 9.17) is 16.0 Å². The van der Waals surface area contributed by atoms with Crippen LogP contribution in [0, 0.1) is 6.57 Å². The summed E-state index contributed by atoms with van der Waals surface area (Å²) in [6, 6.07) is 9.25. The highest BCUT2D eigenvalue weighted by Gasteiger charge is 2.40. The third-order valence-electron chi connectivity index (χ3n) is 5.06. The molecule has 1 aliphatic heterocycles. The molecule has 1 unspecified atom stereocenters. The van der Waals surface area contributed by atoms with Crippen molar-refractivity contribution in [1.82, 2.24) is 4.90 Å². The van der Waals surface area contributed by atoms with E-state index < -0.39 is 17.3 Å². The van der Waals surface area contributed by atoms with E-state index in [-0.39, 0.29) is 13.2 Å². The summed E-state index contributed by atoms with van der Waals surface area (Å²) in [5.41, 5.74) is 1.50. The van der Waals surface area contributed by atoms with Gasteiger partial charge in [0.05, 0.1) is 32.0 Å². The molecule has 2 aromatic rings. The fourth-order valence-corrected chi connectivity index (χ4v) is 4.08. The maximum Gasteiger partial charge on any atom is 0.416 e. The van der Waals surface area contributed by atoms with Gasteiger partial charge in [0, 0.05) is 11.0 Å². The van der Waals surface area contributed by atoms with Gasteiger partial charge in [0.1, 0.15) is 5.60 Å². The summed E-state index contributed by atoms with van der Waals surface area (Å²) in [6.45, 7) is 8.57. The van der Waals surface area contributed by atoms with Crippen LogP contribution in [-0.2, 0) is 34.5 Å². The molecule has 0 spiro atoms. The van der Waals surface area contributed by atoms with Crippen LogP contribution in [0.5, 0.6) is 0 Å². The standard InChI is InChI=1S/C22H22BrF3N2O2/c1-27-19-4-5-20-16(10-19)13-30-21(20,6-7-28(2)3)14-29-12-15-8-17(22(24,25)26)11-18(23)9-15/h4-5,8-11H,6-7,12-14H2,2-3H3. The van der Waals surface area contributed by atoms with E-state index in [0.717, 1.165) is 29.8 Å². The zero-order chi connectivity index (χ0) is 21.9. The number of hydrogen-bond donors (Lipinski definition) is 0. The number of benzene rings is 2. The molecule has 30 heavy (non-hydrogen) atoms. The Kier molecular flexibility index (Phi) is 6.88. The van der Waals surface area contributed by atoms with Gasteiger partial charge in [0.2, 0.25) is 0 Å². The Morgan fingerprint density at radius 1 is 1.23 bits per heavy atom. The van der Waals surface area contributed by atoms with Gasteiger partial charge in [-0.1, -0.05) is 34.1 Å². The van der Waals surface area contributed by atoms with Gasteiger partial charge >= 0.3 is 6.18 Å². The highest BCUT2D eigenvalue weighted by atomic mass is 79.9. The number of hydrogen-bond acceptors (Lipinski definition) is 3. The first-order chi connectivity index (χ1) is 14.1. The van der Waals surface area contributed by atoms with E-state index in [1.165, 1.54) is 0 Å². The zero-order valence-corrected chi connectivity index (χ0v) is 18.3. The molecule has 0 aromatic heterocycles. The van der Waals surface area contributed by atoms with Crippen molar-refractivity contribution in [3.8, 4) is 0 Å². The van der Waals surface area contributed by atoms with E-state index in [1.54, 1.807) is 12.1 Å². The van der Waals surface area contributed by atoms with Crippen LogP contribution >= 0.6 is 15.9 Å². The Morgan fingerprint density at radius 3 is 2.67 bits per heavy atom. The van der Waals surface area contributed by atoms with Crippen molar-refractivity contribution in [2.24, 2.45) is 0 Å². The topological polar surface area (TPSA) is 26.1 Å². The zero-order valence-electron chi connectivity index (χ0n) is 16.7. The summed E-state index contributed by atoms with van der Waals surface area (Å²) in [6.07, 6.45) is -3.75. The van der Waals surface area contributed by atoms with E-state index >= 15 is 0 Å². The van der Waals surface area contributed by atoms with Crippen LogP contribution < -0.4 is 0 Å². The molecule has 0 radical (unpaired) electrons. The summed E-state index contributed by atoms with van der Waals surface area (Å²) in [7, 11) is 3.93. The van der Waals surface area contributed by atoms with Gasteiger partial charge in [0.25, 0.3) is 0 Å². The minimum absolute atomic E-state index is 0.0328. The third-order valence-corrected chi connectivity index (χ3v) is 5.52. The molecule has 160 valence electrons. The lowest BCUT2D eigenvalue weighted by molar-refractivity contribution is -0.137. The molecule has 1 heterocycles. The van der Waals surface area contributed by atoms with E-state index in [0.29, 0.717) is 28.8 Å². The maximum atomic E-state index is 13.1. The van der Waals surface area contributed by atoms with Crippen LogP contribution in [0.4, 0.5) is 18.9 Å². The molecule has 0 aliphatic carbocycles. The molecule has 0 N–H and O–H groups in total. The average Bonchev–Trinajstić information content (AvgIpc) is 3.03.